The van der Waals surface area contributed by atoms with Crippen LogP contribution in [-0.4, -0.2) is 80.3 Å². The number of hydrogen-bond donors (Lipinski definition) is 0. The van der Waals surface area contributed by atoms with Crippen LogP contribution in [0.5, 0.6) is 5.75 Å². The number of rotatable bonds is 6. The molecule has 1 amide bonds. The van der Waals surface area contributed by atoms with Crippen molar-refractivity contribution >= 4 is 15.9 Å². The third-order valence-electron chi connectivity index (χ3n) is 6.93. The average molecular weight is 436 g/mol. The van der Waals surface area contributed by atoms with Gasteiger partial charge in [-0.2, -0.15) is 4.31 Å². The molecule has 1 aromatic rings. The van der Waals surface area contributed by atoms with Gasteiger partial charge in [-0.25, -0.2) is 8.42 Å². The largest absolute Gasteiger partial charge is 0.494 e. The molecule has 0 bridgehead atoms. The molecule has 0 unspecified atom stereocenters. The van der Waals surface area contributed by atoms with E-state index in [1.807, 2.05) is 11.8 Å². The monoisotopic (exact) mass is 435 g/mol. The third kappa shape index (κ3) is 3.63. The number of hydrogen-bond acceptors (Lipinski definition) is 5. The van der Waals surface area contributed by atoms with Gasteiger partial charge in [0.1, 0.15) is 5.75 Å². The molecule has 3 aliphatic rings. The lowest BCUT2D eigenvalue weighted by atomic mass is 9.79. The summed E-state index contributed by atoms with van der Waals surface area (Å²) in [5.74, 6) is 0.839. The number of ether oxygens (including phenoxy) is 1. The van der Waals surface area contributed by atoms with Gasteiger partial charge in [0.15, 0.2) is 0 Å². The first kappa shape index (κ1) is 21.6. The molecule has 30 heavy (non-hydrogen) atoms. The number of amides is 1. The molecule has 3 saturated heterocycles. The molecule has 166 valence electrons. The standard InChI is InChI=1S/C22H33N3O4S/c1-4-29-19-7-9-20(10-8-19)30(27,28)25-14-18-13-24(17(2)3)15-22(18,16-25)21(26)23-11-5-6-12-23/h7-10,17-18H,4-6,11-16H2,1-3H3/t18-,22-/m0/s1. The van der Waals surface area contributed by atoms with Crippen LogP contribution in [-0.2, 0) is 14.8 Å². The Morgan fingerprint density at radius 2 is 1.80 bits per heavy atom. The molecule has 3 heterocycles. The topological polar surface area (TPSA) is 70.2 Å². The minimum Gasteiger partial charge on any atom is -0.494 e. The van der Waals surface area contributed by atoms with Crippen LogP contribution < -0.4 is 4.74 Å². The predicted molar refractivity (Wildman–Crippen MR) is 115 cm³/mol. The minimum absolute atomic E-state index is 0.0328. The number of likely N-dealkylation sites (tertiary alicyclic amines) is 2. The summed E-state index contributed by atoms with van der Waals surface area (Å²) in [6.45, 7) is 10.4. The molecule has 0 saturated carbocycles. The second-order valence-electron chi connectivity index (χ2n) is 9.08. The van der Waals surface area contributed by atoms with Crippen molar-refractivity contribution in [3.63, 3.8) is 0 Å². The summed E-state index contributed by atoms with van der Waals surface area (Å²) in [5, 5.41) is 0. The highest BCUT2D eigenvalue weighted by Crippen LogP contribution is 2.46. The van der Waals surface area contributed by atoms with E-state index in [4.69, 9.17) is 4.74 Å². The molecule has 8 heteroatoms. The van der Waals surface area contributed by atoms with E-state index >= 15 is 0 Å². The molecular weight excluding hydrogens is 402 g/mol. The Morgan fingerprint density at radius 1 is 1.13 bits per heavy atom. The molecular formula is C22H33N3O4S. The fourth-order valence-corrected chi connectivity index (χ4v) is 6.75. The molecule has 3 aliphatic heterocycles. The Bertz CT molecular complexity index is 880. The molecule has 0 spiro atoms. The number of fused-ring (bicyclic) bond motifs is 1. The molecule has 0 aromatic heterocycles. The molecule has 0 aliphatic carbocycles. The van der Waals surface area contributed by atoms with Crippen molar-refractivity contribution in [1.29, 1.82) is 0 Å². The number of nitrogens with zero attached hydrogens (tertiary/aromatic N) is 3. The summed E-state index contributed by atoms with van der Waals surface area (Å²) in [4.78, 5) is 18.2. The highest BCUT2D eigenvalue weighted by molar-refractivity contribution is 7.89. The van der Waals surface area contributed by atoms with E-state index in [1.165, 1.54) is 0 Å². The van der Waals surface area contributed by atoms with Gasteiger partial charge in [-0.15, -0.1) is 0 Å². The van der Waals surface area contributed by atoms with Crippen molar-refractivity contribution in [2.24, 2.45) is 11.3 Å². The van der Waals surface area contributed by atoms with Gasteiger partial charge in [0.25, 0.3) is 0 Å². The second-order valence-corrected chi connectivity index (χ2v) is 11.0. The summed E-state index contributed by atoms with van der Waals surface area (Å²) < 4.78 is 33.7. The summed E-state index contributed by atoms with van der Waals surface area (Å²) in [6, 6.07) is 6.93. The number of carbonyl (C=O) groups is 1. The van der Waals surface area contributed by atoms with Crippen LogP contribution in [0.1, 0.15) is 33.6 Å². The van der Waals surface area contributed by atoms with E-state index in [2.05, 4.69) is 18.7 Å². The van der Waals surface area contributed by atoms with Crippen LogP contribution in [0.25, 0.3) is 0 Å². The first-order valence-electron chi connectivity index (χ1n) is 11.0. The smallest absolute Gasteiger partial charge is 0.243 e. The van der Waals surface area contributed by atoms with Gasteiger partial charge in [-0.3, -0.25) is 9.69 Å². The lowest BCUT2D eigenvalue weighted by Crippen LogP contribution is -2.49. The van der Waals surface area contributed by atoms with Gasteiger partial charge < -0.3 is 9.64 Å². The molecule has 3 fully saturated rings. The maximum atomic E-state index is 13.6. The summed E-state index contributed by atoms with van der Waals surface area (Å²) >= 11 is 0. The summed E-state index contributed by atoms with van der Waals surface area (Å²) in [7, 11) is -3.66. The van der Waals surface area contributed by atoms with E-state index in [9.17, 15) is 13.2 Å². The van der Waals surface area contributed by atoms with Crippen molar-refractivity contribution in [1.82, 2.24) is 14.1 Å². The van der Waals surface area contributed by atoms with Gasteiger partial charge in [-0.05, 0) is 57.9 Å². The fraction of sp³-hybridized carbons (Fsp3) is 0.682. The van der Waals surface area contributed by atoms with Crippen LogP contribution in [0.2, 0.25) is 0 Å². The van der Waals surface area contributed by atoms with Crippen molar-refractivity contribution in [2.75, 3.05) is 45.9 Å². The van der Waals surface area contributed by atoms with Crippen molar-refractivity contribution < 1.29 is 17.9 Å². The van der Waals surface area contributed by atoms with Crippen molar-refractivity contribution in [3.05, 3.63) is 24.3 Å². The number of benzene rings is 1. The number of sulfonamides is 1. The minimum atomic E-state index is -3.66. The highest BCUT2D eigenvalue weighted by Gasteiger charge is 2.60. The average Bonchev–Trinajstić information content (AvgIpc) is 3.43. The molecule has 0 radical (unpaired) electrons. The predicted octanol–water partition coefficient (Wildman–Crippen LogP) is 2.04. The molecule has 0 N–H and O–H groups in total. The van der Waals surface area contributed by atoms with Crippen LogP contribution in [0, 0.1) is 11.3 Å². The second kappa shape index (κ2) is 8.13. The normalized spacial score (nSPS) is 27.7. The summed E-state index contributed by atoms with van der Waals surface area (Å²) in [6.07, 6.45) is 2.07. The molecule has 7 nitrogen and oxygen atoms in total. The zero-order valence-corrected chi connectivity index (χ0v) is 19.0. The molecule has 4 rings (SSSR count). The van der Waals surface area contributed by atoms with Gasteiger partial charge >= 0.3 is 0 Å². The zero-order valence-electron chi connectivity index (χ0n) is 18.2. The third-order valence-corrected chi connectivity index (χ3v) is 8.75. The molecule has 1 aromatic carbocycles. The van der Waals surface area contributed by atoms with Crippen LogP contribution >= 0.6 is 0 Å². The van der Waals surface area contributed by atoms with E-state index in [0.29, 0.717) is 31.5 Å². The van der Waals surface area contributed by atoms with Crippen molar-refractivity contribution in [2.45, 2.75) is 44.6 Å². The maximum Gasteiger partial charge on any atom is 0.243 e. The zero-order chi connectivity index (χ0) is 21.5. The quantitative estimate of drug-likeness (QED) is 0.684. The van der Waals surface area contributed by atoms with Gasteiger partial charge in [0, 0.05) is 51.2 Å². The van der Waals surface area contributed by atoms with E-state index in [0.717, 1.165) is 32.5 Å². The fourth-order valence-electron chi connectivity index (χ4n) is 5.20. The lowest BCUT2D eigenvalue weighted by Gasteiger charge is -2.33. The Balaban J connectivity index is 1.60. The SMILES string of the molecule is CCOc1ccc(S(=O)(=O)N2C[C@@H]3CN(C(C)C)C[C@]3(C(=O)N3CCCC3)C2)cc1. The lowest BCUT2D eigenvalue weighted by molar-refractivity contribution is -0.141. The molecule has 2 atom stereocenters. The Labute approximate surface area is 180 Å². The van der Waals surface area contributed by atoms with Gasteiger partial charge in [-0.1, -0.05) is 0 Å². The summed E-state index contributed by atoms with van der Waals surface area (Å²) in [5.41, 5.74) is -0.632. The number of carbonyl (C=O) groups excluding carboxylic acids is 1. The van der Waals surface area contributed by atoms with Gasteiger partial charge in [0.2, 0.25) is 15.9 Å². The van der Waals surface area contributed by atoms with Gasteiger partial charge in [0.05, 0.1) is 16.9 Å². The van der Waals surface area contributed by atoms with Crippen LogP contribution in [0.4, 0.5) is 0 Å². The van der Waals surface area contributed by atoms with Crippen LogP contribution in [0.15, 0.2) is 29.2 Å². The van der Waals surface area contributed by atoms with E-state index in [-0.39, 0.29) is 23.3 Å². The van der Waals surface area contributed by atoms with Crippen molar-refractivity contribution in [3.8, 4) is 5.75 Å². The maximum absolute atomic E-state index is 13.6. The Kier molecular flexibility index (Phi) is 5.85. The highest BCUT2D eigenvalue weighted by atomic mass is 32.2. The van der Waals surface area contributed by atoms with Crippen LogP contribution in [0.3, 0.4) is 0 Å². The Hall–Kier alpha value is -1.64. The van der Waals surface area contributed by atoms with E-state index < -0.39 is 15.4 Å². The Morgan fingerprint density at radius 3 is 2.40 bits per heavy atom. The first-order valence-corrected chi connectivity index (χ1v) is 12.5. The first-order chi connectivity index (χ1) is 14.3. The van der Waals surface area contributed by atoms with E-state index in [1.54, 1.807) is 28.6 Å².